The Morgan fingerprint density at radius 3 is 2.40 bits per heavy atom. The van der Waals surface area contributed by atoms with Crippen LogP contribution >= 0.6 is 12.4 Å². The summed E-state index contributed by atoms with van der Waals surface area (Å²) in [6, 6.07) is 2.90. The lowest BCUT2D eigenvalue weighted by Crippen LogP contribution is -2.48. The summed E-state index contributed by atoms with van der Waals surface area (Å²) in [5.41, 5.74) is 5.21. The van der Waals surface area contributed by atoms with E-state index in [-0.39, 0.29) is 29.8 Å². The summed E-state index contributed by atoms with van der Waals surface area (Å²) in [5.74, 6) is -2.33. The fourth-order valence-corrected chi connectivity index (χ4v) is 2.64. The van der Waals surface area contributed by atoms with Gasteiger partial charge in [0.1, 0.15) is 11.6 Å². The Hall–Kier alpha value is -1.73. The normalized spacial score (nSPS) is 15.5. The number of halogens is 3. The van der Waals surface area contributed by atoms with E-state index in [4.69, 9.17) is 5.73 Å². The largest absolute Gasteiger partial charge is 0.354 e. The molecule has 2 amide bonds. The zero-order valence-electron chi connectivity index (χ0n) is 14.4. The molecule has 3 N–H and O–H groups in total. The molecule has 0 atom stereocenters. The number of nitrogens with one attached hydrogen (secondary N) is 1. The summed E-state index contributed by atoms with van der Waals surface area (Å²) < 4.78 is 26.6. The van der Waals surface area contributed by atoms with Gasteiger partial charge in [0.05, 0.1) is 5.56 Å². The third-order valence-corrected chi connectivity index (χ3v) is 4.03. The van der Waals surface area contributed by atoms with Gasteiger partial charge >= 0.3 is 0 Å². The van der Waals surface area contributed by atoms with Gasteiger partial charge in [-0.15, -0.1) is 12.4 Å². The van der Waals surface area contributed by atoms with E-state index < -0.39 is 23.1 Å². The first-order valence-electron chi connectivity index (χ1n) is 7.98. The van der Waals surface area contributed by atoms with Crippen molar-refractivity contribution in [3.63, 3.8) is 0 Å². The molecule has 1 aromatic rings. The molecule has 2 rings (SSSR count). The smallest absolute Gasteiger partial charge is 0.256 e. The third kappa shape index (κ3) is 5.93. The number of likely N-dealkylation sites (tertiary alicyclic amines) is 1. The first-order valence-corrected chi connectivity index (χ1v) is 7.98. The monoisotopic (exact) mass is 375 g/mol. The molecule has 1 heterocycles. The molecule has 1 aromatic carbocycles. The first kappa shape index (κ1) is 21.3. The zero-order chi connectivity index (χ0) is 17.9. The molecule has 0 aromatic heterocycles. The lowest BCUT2D eigenvalue weighted by molar-refractivity contribution is -0.126. The van der Waals surface area contributed by atoms with Gasteiger partial charge in [-0.2, -0.15) is 0 Å². The van der Waals surface area contributed by atoms with Crippen molar-refractivity contribution in [3.8, 4) is 0 Å². The Morgan fingerprint density at radius 2 is 1.88 bits per heavy atom. The van der Waals surface area contributed by atoms with Crippen LogP contribution in [-0.2, 0) is 4.79 Å². The maximum Gasteiger partial charge on any atom is 0.256 e. The maximum atomic E-state index is 13.7. The van der Waals surface area contributed by atoms with Gasteiger partial charge in [-0.25, -0.2) is 8.78 Å². The van der Waals surface area contributed by atoms with E-state index in [1.54, 1.807) is 0 Å². The van der Waals surface area contributed by atoms with Crippen LogP contribution in [0.1, 0.15) is 37.0 Å². The average Bonchev–Trinajstić information content (AvgIpc) is 2.51. The first-order chi connectivity index (χ1) is 11.2. The van der Waals surface area contributed by atoms with Gasteiger partial charge in [0.2, 0.25) is 5.91 Å². The Bertz CT molecular complexity index is 627. The van der Waals surface area contributed by atoms with E-state index in [0.717, 1.165) is 12.1 Å². The number of rotatable bonds is 4. The van der Waals surface area contributed by atoms with Crippen molar-refractivity contribution in [2.45, 2.75) is 32.2 Å². The molecule has 25 heavy (non-hydrogen) atoms. The Kier molecular flexibility index (Phi) is 7.31. The number of benzene rings is 1. The van der Waals surface area contributed by atoms with Crippen molar-refractivity contribution >= 4 is 24.2 Å². The number of carbonyl (C=O) groups excluding carboxylic acids is 2. The molecule has 1 fully saturated rings. The van der Waals surface area contributed by atoms with Gasteiger partial charge in [-0.3, -0.25) is 9.59 Å². The van der Waals surface area contributed by atoms with E-state index >= 15 is 0 Å². The molecule has 8 heteroatoms. The summed E-state index contributed by atoms with van der Waals surface area (Å²) in [5, 5.41) is 2.81. The highest BCUT2D eigenvalue weighted by atomic mass is 35.5. The summed E-state index contributed by atoms with van der Waals surface area (Å²) in [4.78, 5) is 25.9. The molecule has 0 unspecified atom stereocenters. The molecule has 1 saturated heterocycles. The fraction of sp³-hybridized carbons (Fsp3) is 0.529. The predicted octanol–water partition coefficient (Wildman–Crippen LogP) is 2.09. The van der Waals surface area contributed by atoms with Gasteiger partial charge in [-0.1, -0.05) is 0 Å². The van der Waals surface area contributed by atoms with E-state index in [9.17, 15) is 18.4 Å². The SMILES string of the molecule is CC(C)(N)CNC(=O)C1CCN(C(=O)c2ccc(F)cc2F)CC1.Cl. The number of nitrogens with two attached hydrogens (primary N) is 1. The highest BCUT2D eigenvalue weighted by molar-refractivity contribution is 5.94. The van der Waals surface area contributed by atoms with Crippen LogP contribution in [0.4, 0.5) is 8.78 Å². The van der Waals surface area contributed by atoms with Gasteiger partial charge in [0.15, 0.2) is 0 Å². The molecule has 0 aliphatic carbocycles. The summed E-state index contributed by atoms with van der Waals surface area (Å²) >= 11 is 0. The standard InChI is InChI=1S/C17H23F2N3O2.ClH/c1-17(2,20)10-21-15(23)11-5-7-22(8-6-11)16(24)13-4-3-12(18)9-14(13)19;/h3-4,9,11H,5-8,10,20H2,1-2H3,(H,21,23);1H. The molecular weight excluding hydrogens is 352 g/mol. The van der Waals surface area contributed by atoms with Crippen LogP contribution in [0.25, 0.3) is 0 Å². The van der Waals surface area contributed by atoms with Gasteiger partial charge in [-0.05, 0) is 38.8 Å². The van der Waals surface area contributed by atoms with Crippen LogP contribution in [0.2, 0.25) is 0 Å². The molecule has 1 aliphatic rings. The third-order valence-electron chi connectivity index (χ3n) is 4.03. The number of amides is 2. The van der Waals surface area contributed by atoms with Crippen molar-refractivity contribution < 1.29 is 18.4 Å². The second-order valence-electron chi connectivity index (χ2n) is 6.90. The van der Waals surface area contributed by atoms with Crippen molar-refractivity contribution in [3.05, 3.63) is 35.4 Å². The lowest BCUT2D eigenvalue weighted by Gasteiger charge is -2.32. The molecule has 1 aliphatic heterocycles. The topological polar surface area (TPSA) is 75.4 Å². The molecule has 0 radical (unpaired) electrons. The molecule has 0 saturated carbocycles. The van der Waals surface area contributed by atoms with Gasteiger partial charge < -0.3 is 16.0 Å². The summed E-state index contributed by atoms with van der Waals surface area (Å²) in [6.45, 7) is 4.75. The Labute approximate surface area is 152 Å². The number of nitrogens with zero attached hydrogens (tertiary/aromatic N) is 1. The predicted molar refractivity (Wildman–Crippen MR) is 93.5 cm³/mol. The van der Waals surface area contributed by atoms with Crippen molar-refractivity contribution in [1.82, 2.24) is 10.2 Å². The maximum absolute atomic E-state index is 13.7. The average molecular weight is 376 g/mol. The van der Waals surface area contributed by atoms with E-state index in [1.807, 2.05) is 13.8 Å². The number of piperidine rings is 1. The van der Waals surface area contributed by atoms with Crippen molar-refractivity contribution in [2.75, 3.05) is 19.6 Å². The van der Waals surface area contributed by atoms with Gasteiger partial charge in [0, 0.05) is 37.2 Å². The van der Waals surface area contributed by atoms with Gasteiger partial charge in [0.25, 0.3) is 5.91 Å². The van der Waals surface area contributed by atoms with Crippen molar-refractivity contribution in [1.29, 1.82) is 0 Å². The summed E-state index contributed by atoms with van der Waals surface area (Å²) in [7, 11) is 0. The van der Waals surface area contributed by atoms with Crippen LogP contribution in [0, 0.1) is 17.6 Å². The van der Waals surface area contributed by atoms with E-state index in [0.29, 0.717) is 38.5 Å². The number of hydrogen-bond donors (Lipinski definition) is 2. The highest BCUT2D eigenvalue weighted by Crippen LogP contribution is 2.20. The van der Waals surface area contributed by atoms with Crippen LogP contribution in [0.15, 0.2) is 18.2 Å². The molecule has 0 spiro atoms. The summed E-state index contributed by atoms with van der Waals surface area (Å²) in [6.07, 6.45) is 1.01. The number of carbonyl (C=O) groups is 2. The van der Waals surface area contributed by atoms with Crippen LogP contribution < -0.4 is 11.1 Å². The molecule has 5 nitrogen and oxygen atoms in total. The van der Waals surface area contributed by atoms with Crippen LogP contribution in [-0.4, -0.2) is 41.9 Å². The Balaban J connectivity index is 0.00000312. The van der Waals surface area contributed by atoms with Crippen LogP contribution in [0.5, 0.6) is 0 Å². The molecule has 0 bridgehead atoms. The fourth-order valence-electron chi connectivity index (χ4n) is 2.64. The highest BCUT2D eigenvalue weighted by Gasteiger charge is 2.29. The van der Waals surface area contributed by atoms with Crippen LogP contribution in [0.3, 0.4) is 0 Å². The minimum Gasteiger partial charge on any atom is -0.354 e. The Morgan fingerprint density at radius 1 is 1.28 bits per heavy atom. The molecule has 140 valence electrons. The number of hydrogen-bond acceptors (Lipinski definition) is 3. The minimum atomic E-state index is -0.870. The van der Waals surface area contributed by atoms with Crippen molar-refractivity contribution in [2.24, 2.45) is 11.7 Å². The zero-order valence-corrected chi connectivity index (χ0v) is 15.2. The second kappa shape index (κ2) is 8.58. The van der Waals surface area contributed by atoms with E-state index in [2.05, 4.69) is 5.32 Å². The lowest BCUT2D eigenvalue weighted by atomic mass is 9.95. The molecular formula is C17H24ClF2N3O2. The quantitative estimate of drug-likeness (QED) is 0.846. The second-order valence-corrected chi connectivity index (χ2v) is 6.90. The van der Waals surface area contributed by atoms with E-state index in [1.165, 1.54) is 4.90 Å². The minimum absolute atomic E-state index is 0.